The Hall–Kier alpha value is -2.69. The van der Waals surface area contributed by atoms with Crippen LogP contribution in [0, 0.1) is 0 Å². The molecule has 0 saturated carbocycles. The molecule has 272 valence electrons. The van der Waals surface area contributed by atoms with Crippen LogP contribution >= 0.6 is 0 Å². The van der Waals surface area contributed by atoms with E-state index in [0.29, 0.717) is 6.42 Å². The summed E-state index contributed by atoms with van der Waals surface area (Å²) in [6.45, 7) is 4.12. The Morgan fingerprint density at radius 3 is 1.46 bits per heavy atom. The summed E-state index contributed by atoms with van der Waals surface area (Å²) in [6.07, 6.45) is 57.8. The largest absolute Gasteiger partial charge is 0.394 e. The van der Waals surface area contributed by atoms with Gasteiger partial charge in [0.1, 0.15) is 0 Å². The summed E-state index contributed by atoms with van der Waals surface area (Å²) in [4.78, 5) is 12.3. The first-order valence-electron chi connectivity index (χ1n) is 19.5. The quantitative estimate of drug-likeness (QED) is 0.0483. The summed E-state index contributed by atoms with van der Waals surface area (Å²) in [7, 11) is 0. The monoisotopic (exact) mass is 664 g/mol. The fourth-order valence-electron chi connectivity index (χ4n) is 5.08. The van der Waals surface area contributed by atoms with Crippen molar-refractivity contribution in [3.63, 3.8) is 0 Å². The van der Waals surface area contributed by atoms with Gasteiger partial charge in [0.15, 0.2) is 0 Å². The lowest BCUT2D eigenvalue weighted by atomic mass is 10.1. The average Bonchev–Trinajstić information content (AvgIpc) is 3.09. The molecular formula is C44H73NO3. The van der Waals surface area contributed by atoms with E-state index in [1.807, 2.05) is 6.08 Å². The highest BCUT2D eigenvalue weighted by molar-refractivity contribution is 5.76. The number of amides is 1. The Morgan fingerprint density at radius 2 is 0.938 bits per heavy atom. The molecule has 2 unspecified atom stereocenters. The van der Waals surface area contributed by atoms with E-state index in [1.165, 1.54) is 51.4 Å². The topological polar surface area (TPSA) is 69.6 Å². The van der Waals surface area contributed by atoms with Gasteiger partial charge in [-0.15, -0.1) is 0 Å². The number of rotatable bonds is 33. The number of unbranched alkanes of at least 4 members (excludes halogenated alkanes) is 12. The van der Waals surface area contributed by atoms with Gasteiger partial charge in [-0.25, -0.2) is 0 Å². The second-order valence-electron chi connectivity index (χ2n) is 12.6. The first-order chi connectivity index (χ1) is 23.7. The molecule has 4 nitrogen and oxygen atoms in total. The van der Waals surface area contributed by atoms with Crippen LogP contribution in [0.4, 0.5) is 0 Å². The fourth-order valence-corrected chi connectivity index (χ4v) is 5.08. The van der Waals surface area contributed by atoms with Crippen molar-refractivity contribution in [2.75, 3.05) is 6.61 Å². The van der Waals surface area contributed by atoms with E-state index in [2.05, 4.69) is 104 Å². The molecule has 48 heavy (non-hydrogen) atoms. The molecule has 4 heteroatoms. The molecular weight excluding hydrogens is 590 g/mol. The molecule has 0 heterocycles. The molecule has 2 atom stereocenters. The van der Waals surface area contributed by atoms with Crippen LogP contribution in [0.15, 0.2) is 97.2 Å². The van der Waals surface area contributed by atoms with E-state index in [-0.39, 0.29) is 12.5 Å². The Kier molecular flexibility index (Phi) is 36.6. The number of hydrogen-bond donors (Lipinski definition) is 3. The summed E-state index contributed by atoms with van der Waals surface area (Å²) in [5.41, 5.74) is 0. The summed E-state index contributed by atoms with van der Waals surface area (Å²) < 4.78 is 0. The molecule has 0 saturated heterocycles. The van der Waals surface area contributed by atoms with E-state index >= 15 is 0 Å². The van der Waals surface area contributed by atoms with Gasteiger partial charge >= 0.3 is 0 Å². The van der Waals surface area contributed by atoms with Crippen molar-refractivity contribution in [2.45, 2.75) is 167 Å². The van der Waals surface area contributed by atoms with Gasteiger partial charge in [0, 0.05) is 6.42 Å². The third-order valence-electron chi connectivity index (χ3n) is 8.05. The smallest absolute Gasteiger partial charge is 0.220 e. The Balaban J connectivity index is 3.72. The van der Waals surface area contributed by atoms with Crippen LogP contribution in [0.25, 0.3) is 0 Å². The molecule has 0 aromatic heterocycles. The van der Waals surface area contributed by atoms with Gasteiger partial charge in [0.2, 0.25) is 5.91 Å². The van der Waals surface area contributed by atoms with Crippen LogP contribution in [0.3, 0.4) is 0 Å². The van der Waals surface area contributed by atoms with E-state index in [0.717, 1.165) is 83.5 Å². The summed E-state index contributed by atoms with van der Waals surface area (Å²) in [6, 6.07) is -0.651. The number of carbonyl (C=O) groups excluding carboxylic acids is 1. The molecule has 1 amide bonds. The highest BCUT2D eigenvalue weighted by atomic mass is 16.3. The molecule has 0 aliphatic rings. The van der Waals surface area contributed by atoms with Gasteiger partial charge in [-0.05, 0) is 83.5 Å². The minimum absolute atomic E-state index is 0.0963. The predicted octanol–water partition coefficient (Wildman–Crippen LogP) is 11.9. The molecule has 0 aliphatic carbocycles. The lowest BCUT2D eigenvalue weighted by Gasteiger charge is -2.19. The van der Waals surface area contributed by atoms with Crippen molar-refractivity contribution in [1.29, 1.82) is 0 Å². The van der Waals surface area contributed by atoms with Crippen molar-refractivity contribution >= 4 is 5.91 Å². The third kappa shape index (κ3) is 34.6. The first kappa shape index (κ1) is 45.3. The minimum Gasteiger partial charge on any atom is -0.394 e. The van der Waals surface area contributed by atoms with Gasteiger partial charge < -0.3 is 15.5 Å². The maximum Gasteiger partial charge on any atom is 0.220 e. The second kappa shape index (κ2) is 38.8. The minimum atomic E-state index is -0.873. The van der Waals surface area contributed by atoms with Gasteiger partial charge in [-0.3, -0.25) is 4.79 Å². The molecule has 0 radical (unpaired) electrons. The van der Waals surface area contributed by atoms with Gasteiger partial charge in [-0.1, -0.05) is 162 Å². The van der Waals surface area contributed by atoms with Crippen molar-refractivity contribution in [1.82, 2.24) is 5.32 Å². The highest BCUT2D eigenvalue weighted by Gasteiger charge is 2.17. The Morgan fingerprint density at radius 1 is 0.521 bits per heavy atom. The molecule has 0 rings (SSSR count). The van der Waals surface area contributed by atoms with Gasteiger partial charge in [0.25, 0.3) is 0 Å². The maximum absolute atomic E-state index is 12.3. The fraction of sp³-hybridized carbons (Fsp3) is 0.614. The van der Waals surface area contributed by atoms with Crippen LogP contribution in [0.2, 0.25) is 0 Å². The van der Waals surface area contributed by atoms with Gasteiger partial charge in [-0.2, -0.15) is 0 Å². The first-order valence-corrected chi connectivity index (χ1v) is 19.5. The zero-order valence-corrected chi connectivity index (χ0v) is 31.0. The molecule has 0 spiro atoms. The average molecular weight is 664 g/mol. The Bertz CT molecular complexity index is 937. The highest BCUT2D eigenvalue weighted by Crippen LogP contribution is 2.10. The van der Waals surface area contributed by atoms with Crippen LogP contribution < -0.4 is 5.32 Å². The molecule has 3 N–H and O–H groups in total. The summed E-state index contributed by atoms with van der Waals surface area (Å²) in [5.74, 6) is -0.0963. The van der Waals surface area contributed by atoms with Crippen LogP contribution in [-0.2, 0) is 4.79 Å². The van der Waals surface area contributed by atoms with Crippen molar-refractivity contribution in [2.24, 2.45) is 0 Å². The zero-order valence-electron chi connectivity index (χ0n) is 31.0. The van der Waals surface area contributed by atoms with E-state index in [9.17, 15) is 15.0 Å². The van der Waals surface area contributed by atoms with Crippen molar-refractivity contribution < 1.29 is 15.0 Å². The lowest BCUT2D eigenvalue weighted by Crippen LogP contribution is -2.45. The van der Waals surface area contributed by atoms with Crippen molar-refractivity contribution in [3.05, 3.63) is 97.2 Å². The summed E-state index contributed by atoms with van der Waals surface area (Å²) in [5, 5.41) is 22.8. The number of allylic oxidation sites excluding steroid dienone is 15. The summed E-state index contributed by atoms with van der Waals surface area (Å²) >= 11 is 0. The number of nitrogens with one attached hydrogen (secondary N) is 1. The normalized spacial score (nSPS) is 14.2. The van der Waals surface area contributed by atoms with Gasteiger partial charge in [0.05, 0.1) is 18.8 Å². The number of hydrogen-bond acceptors (Lipinski definition) is 3. The van der Waals surface area contributed by atoms with Crippen LogP contribution in [0.1, 0.15) is 155 Å². The van der Waals surface area contributed by atoms with E-state index in [4.69, 9.17) is 0 Å². The molecule has 0 aromatic carbocycles. The predicted molar refractivity (Wildman–Crippen MR) is 211 cm³/mol. The van der Waals surface area contributed by atoms with Crippen LogP contribution in [-0.4, -0.2) is 34.9 Å². The third-order valence-corrected chi connectivity index (χ3v) is 8.05. The molecule has 0 bridgehead atoms. The number of carbonyl (C=O) groups is 1. The lowest BCUT2D eigenvalue weighted by molar-refractivity contribution is -0.123. The molecule has 0 aliphatic heterocycles. The molecule has 0 fully saturated rings. The number of aliphatic hydroxyl groups excluding tert-OH is 2. The zero-order chi connectivity index (χ0) is 35.0. The molecule has 0 aromatic rings. The van der Waals surface area contributed by atoms with E-state index < -0.39 is 12.1 Å². The number of aliphatic hydroxyl groups is 2. The maximum atomic E-state index is 12.3. The van der Waals surface area contributed by atoms with Crippen LogP contribution in [0.5, 0.6) is 0 Å². The SMILES string of the molecule is CC/C=C\C/C=C\C/C=C\C/C=C\C/C=C\C/C=C\CCCCCCCCC(=O)NC(CO)C(O)/C=C/CC/C=C/CCCCCCC. The van der Waals surface area contributed by atoms with Crippen molar-refractivity contribution in [3.8, 4) is 0 Å². The Labute approximate surface area is 296 Å². The standard InChI is InChI=1S/C44H73NO3/c1-3-5-7-9-11-13-15-16-17-18-19-20-21-22-23-24-25-26-27-28-30-32-34-36-38-40-44(48)45-42(41-46)43(47)39-37-35-33-31-29-14-12-10-8-6-4-2/h5,7,11,13,16-17,19-20,22-23,25-26,29,31,37,39,42-43,46-47H,3-4,6,8-10,12,14-15,18,21,24,27-28,30,32-36,38,40-41H2,1-2H3,(H,45,48)/b7-5-,13-11-,17-16-,20-19-,23-22-,26-25-,31-29+,39-37+. The van der Waals surface area contributed by atoms with E-state index in [1.54, 1.807) is 6.08 Å². The second-order valence-corrected chi connectivity index (χ2v) is 12.6.